The lowest BCUT2D eigenvalue weighted by molar-refractivity contribution is 0.175. The number of hydrogen-bond acceptors (Lipinski definition) is 1. The van der Waals surface area contributed by atoms with Gasteiger partial charge in [0.2, 0.25) is 0 Å². The number of piperidine rings is 1. The van der Waals surface area contributed by atoms with Crippen LogP contribution in [0.5, 0.6) is 0 Å². The summed E-state index contributed by atoms with van der Waals surface area (Å²) < 4.78 is 0. The van der Waals surface area contributed by atoms with Gasteiger partial charge in [-0.2, -0.15) is 0 Å². The highest BCUT2D eigenvalue weighted by Gasteiger charge is 2.27. The first kappa shape index (κ1) is 9.05. The molecule has 1 rings (SSSR count). The molecule has 66 valence electrons. The molecule has 1 fully saturated rings. The minimum Gasteiger partial charge on any atom is -0.314 e. The molecular weight excluding hydrogens is 134 g/mol. The highest BCUT2D eigenvalue weighted by molar-refractivity contribution is 4.82. The van der Waals surface area contributed by atoms with Gasteiger partial charge in [-0.1, -0.05) is 20.8 Å². The SMILES string of the molecule is CC1CCC(C(C)(C)C)CN1. The highest BCUT2D eigenvalue weighted by atomic mass is 14.9. The summed E-state index contributed by atoms with van der Waals surface area (Å²) in [5, 5.41) is 3.54. The van der Waals surface area contributed by atoms with Crippen LogP contribution in [0.2, 0.25) is 0 Å². The van der Waals surface area contributed by atoms with Gasteiger partial charge in [0.05, 0.1) is 0 Å². The van der Waals surface area contributed by atoms with E-state index in [0.717, 1.165) is 12.0 Å². The second-order valence-electron chi connectivity index (χ2n) is 4.95. The predicted molar refractivity (Wildman–Crippen MR) is 49.6 cm³/mol. The Hall–Kier alpha value is -0.0400. The van der Waals surface area contributed by atoms with Crippen LogP contribution in [0.3, 0.4) is 0 Å². The van der Waals surface area contributed by atoms with Crippen LogP contribution in [-0.4, -0.2) is 12.6 Å². The third-order valence-electron chi connectivity index (χ3n) is 2.89. The minimum absolute atomic E-state index is 0.493. The third-order valence-corrected chi connectivity index (χ3v) is 2.89. The van der Waals surface area contributed by atoms with Crippen LogP contribution in [0.25, 0.3) is 0 Å². The molecule has 0 aromatic carbocycles. The van der Waals surface area contributed by atoms with Gasteiger partial charge in [0.1, 0.15) is 0 Å². The molecule has 1 heterocycles. The molecule has 0 radical (unpaired) electrons. The van der Waals surface area contributed by atoms with E-state index in [-0.39, 0.29) is 0 Å². The fourth-order valence-corrected chi connectivity index (χ4v) is 1.74. The summed E-state index contributed by atoms with van der Waals surface area (Å²) >= 11 is 0. The van der Waals surface area contributed by atoms with E-state index in [1.807, 2.05) is 0 Å². The van der Waals surface area contributed by atoms with Gasteiger partial charge in [-0.15, -0.1) is 0 Å². The van der Waals surface area contributed by atoms with Crippen molar-refractivity contribution in [1.29, 1.82) is 0 Å². The van der Waals surface area contributed by atoms with E-state index >= 15 is 0 Å². The predicted octanol–water partition coefficient (Wildman–Crippen LogP) is 2.42. The molecule has 1 aliphatic heterocycles. The van der Waals surface area contributed by atoms with Gasteiger partial charge in [-0.25, -0.2) is 0 Å². The smallest absolute Gasteiger partial charge is 0.00389 e. The number of hydrogen-bond donors (Lipinski definition) is 1. The first-order chi connectivity index (χ1) is 5.00. The fraction of sp³-hybridized carbons (Fsp3) is 1.00. The van der Waals surface area contributed by atoms with Crippen molar-refractivity contribution in [2.75, 3.05) is 6.54 Å². The molecule has 1 heteroatoms. The summed E-state index contributed by atoms with van der Waals surface area (Å²) in [7, 11) is 0. The lowest BCUT2D eigenvalue weighted by Gasteiger charge is -2.36. The molecule has 0 bridgehead atoms. The van der Waals surface area contributed by atoms with Crippen molar-refractivity contribution in [1.82, 2.24) is 5.32 Å². The summed E-state index contributed by atoms with van der Waals surface area (Å²) in [5.74, 6) is 0.874. The Bertz CT molecular complexity index is 115. The summed E-state index contributed by atoms with van der Waals surface area (Å²) in [6.45, 7) is 10.5. The van der Waals surface area contributed by atoms with Crippen molar-refractivity contribution in [3.8, 4) is 0 Å². The van der Waals surface area contributed by atoms with Crippen LogP contribution in [0.4, 0.5) is 0 Å². The van der Waals surface area contributed by atoms with E-state index in [1.165, 1.54) is 19.4 Å². The third kappa shape index (κ3) is 2.48. The Kier molecular flexibility index (Phi) is 2.58. The highest BCUT2D eigenvalue weighted by Crippen LogP contribution is 2.31. The van der Waals surface area contributed by atoms with Crippen LogP contribution in [0, 0.1) is 11.3 Å². The lowest BCUT2D eigenvalue weighted by Crippen LogP contribution is -2.41. The summed E-state index contributed by atoms with van der Waals surface area (Å²) in [6, 6.07) is 0.744. The van der Waals surface area contributed by atoms with E-state index in [2.05, 4.69) is 33.0 Å². The van der Waals surface area contributed by atoms with Crippen molar-refractivity contribution in [3.05, 3.63) is 0 Å². The molecule has 11 heavy (non-hydrogen) atoms. The molecule has 0 amide bonds. The van der Waals surface area contributed by atoms with Gasteiger partial charge in [0.25, 0.3) is 0 Å². The van der Waals surface area contributed by atoms with Gasteiger partial charge in [-0.3, -0.25) is 0 Å². The first-order valence-corrected chi connectivity index (χ1v) is 4.73. The van der Waals surface area contributed by atoms with Crippen LogP contribution in [0.1, 0.15) is 40.5 Å². The average Bonchev–Trinajstić information content (AvgIpc) is 1.86. The molecule has 1 N–H and O–H groups in total. The molecule has 2 unspecified atom stereocenters. The zero-order chi connectivity index (χ0) is 8.48. The standard InChI is InChI=1S/C10H21N/c1-8-5-6-9(7-11-8)10(2,3)4/h8-9,11H,5-7H2,1-4H3. The zero-order valence-electron chi connectivity index (χ0n) is 8.28. The van der Waals surface area contributed by atoms with Gasteiger partial charge in [-0.05, 0) is 37.6 Å². The van der Waals surface area contributed by atoms with Crippen molar-refractivity contribution in [2.24, 2.45) is 11.3 Å². The molecule has 0 saturated carbocycles. The van der Waals surface area contributed by atoms with E-state index in [1.54, 1.807) is 0 Å². The maximum atomic E-state index is 3.54. The average molecular weight is 155 g/mol. The molecular formula is C10H21N. The largest absolute Gasteiger partial charge is 0.314 e. The molecule has 0 aromatic heterocycles. The van der Waals surface area contributed by atoms with Crippen LogP contribution in [-0.2, 0) is 0 Å². The van der Waals surface area contributed by atoms with E-state index < -0.39 is 0 Å². The molecule has 0 aromatic rings. The Balaban J connectivity index is 2.39. The molecule has 1 nitrogen and oxygen atoms in total. The van der Waals surface area contributed by atoms with Gasteiger partial charge in [0, 0.05) is 6.04 Å². The van der Waals surface area contributed by atoms with E-state index in [9.17, 15) is 0 Å². The normalized spacial score (nSPS) is 33.8. The Labute approximate surface area is 70.6 Å². The maximum absolute atomic E-state index is 3.54. The Morgan fingerprint density at radius 2 is 1.82 bits per heavy atom. The van der Waals surface area contributed by atoms with Gasteiger partial charge >= 0.3 is 0 Å². The number of rotatable bonds is 0. The zero-order valence-corrected chi connectivity index (χ0v) is 8.28. The Morgan fingerprint density at radius 1 is 1.18 bits per heavy atom. The van der Waals surface area contributed by atoms with Crippen molar-refractivity contribution in [2.45, 2.75) is 46.6 Å². The van der Waals surface area contributed by atoms with Crippen molar-refractivity contribution in [3.63, 3.8) is 0 Å². The molecule has 1 aliphatic rings. The summed E-state index contributed by atoms with van der Waals surface area (Å²) in [6.07, 6.45) is 2.75. The monoisotopic (exact) mass is 155 g/mol. The summed E-state index contributed by atoms with van der Waals surface area (Å²) in [5.41, 5.74) is 0.493. The topological polar surface area (TPSA) is 12.0 Å². The van der Waals surface area contributed by atoms with Crippen LogP contribution >= 0.6 is 0 Å². The van der Waals surface area contributed by atoms with Crippen molar-refractivity contribution < 1.29 is 0 Å². The van der Waals surface area contributed by atoms with Crippen LogP contribution < -0.4 is 5.32 Å². The molecule has 1 saturated heterocycles. The molecule has 0 aliphatic carbocycles. The number of nitrogens with one attached hydrogen (secondary N) is 1. The van der Waals surface area contributed by atoms with E-state index in [4.69, 9.17) is 0 Å². The fourth-order valence-electron chi connectivity index (χ4n) is 1.74. The Morgan fingerprint density at radius 3 is 2.18 bits per heavy atom. The minimum atomic E-state index is 0.493. The van der Waals surface area contributed by atoms with Gasteiger partial charge in [0.15, 0.2) is 0 Å². The van der Waals surface area contributed by atoms with Crippen molar-refractivity contribution >= 4 is 0 Å². The first-order valence-electron chi connectivity index (χ1n) is 4.73. The molecule has 0 spiro atoms. The summed E-state index contributed by atoms with van der Waals surface area (Å²) in [4.78, 5) is 0. The van der Waals surface area contributed by atoms with Crippen LogP contribution in [0.15, 0.2) is 0 Å². The maximum Gasteiger partial charge on any atom is 0.00389 e. The van der Waals surface area contributed by atoms with E-state index in [0.29, 0.717) is 5.41 Å². The van der Waals surface area contributed by atoms with Gasteiger partial charge < -0.3 is 5.32 Å². The second kappa shape index (κ2) is 3.14. The quantitative estimate of drug-likeness (QED) is 0.566. The molecule has 2 atom stereocenters. The second-order valence-corrected chi connectivity index (χ2v) is 4.95. The lowest BCUT2D eigenvalue weighted by atomic mass is 9.76.